The summed E-state index contributed by atoms with van der Waals surface area (Å²) in [5, 5.41) is 13.1. The number of carbonyl (C=O) groups excluding carboxylic acids is 1. The Balaban J connectivity index is 1.43. The van der Waals surface area contributed by atoms with E-state index in [1.165, 1.54) is 0 Å². The lowest BCUT2D eigenvalue weighted by Gasteiger charge is -2.33. The Morgan fingerprint density at radius 1 is 1.31 bits per heavy atom. The number of amides is 1. The number of piperidine rings is 1. The van der Waals surface area contributed by atoms with Crippen molar-refractivity contribution >= 4 is 23.7 Å². The van der Waals surface area contributed by atoms with E-state index in [0.717, 1.165) is 29.9 Å². The molecule has 0 aromatic carbocycles. The normalized spacial score (nSPS) is 17.4. The number of likely N-dealkylation sites (tertiary alicyclic amines) is 1. The van der Waals surface area contributed by atoms with Gasteiger partial charge in [0.1, 0.15) is 5.75 Å². The Hall–Kier alpha value is -2.90. The molecule has 0 atom stereocenters. The Bertz CT molecular complexity index is 793. The van der Waals surface area contributed by atoms with Gasteiger partial charge in [-0.2, -0.15) is 5.10 Å². The van der Waals surface area contributed by atoms with Crippen LogP contribution >= 0.6 is 0 Å². The third-order valence-corrected chi connectivity index (χ3v) is 5.40. The highest BCUT2D eigenvalue weighted by atomic mass is 16.5. The first-order chi connectivity index (χ1) is 13.8. The summed E-state index contributed by atoms with van der Waals surface area (Å²) in [5.74, 6) is 0.0622. The van der Waals surface area contributed by atoms with E-state index < -0.39 is 11.4 Å². The molecule has 0 saturated carbocycles. The van der Waals surface area contributed by atoms with E-state index in [0.29, 0.717) is 32.2 Å². The molecule has 2 aliphatic rings. The average Bonchev–Trinajstić information content (AvgIpc) is 2.73. The molecule has 8 nitrogen and oxygen atoms in total. The maximum absolute atomic E-state index is 12.4. The maximum atomic E-state index is 12.4. The molecular weight excluding hydrogens is 372 g/mol. The summed E-state index contributed by atoms with van der Waals surface area (Å²) in [7, 11) is 0. The number of allylic oxidation sites excluding steroid dienone is 1. The molecule has 1 aromatic heterocycles. The highest BCUT2D eigenvalue weighted by Gasteiger charge is 2.33. The SMILES string of the molecule is CC(C)(CC(=O)N1CCC(COc2ccc(C3=CC=NNC3)nc2)CC1)C(=O)O. The first-order valence-corrected chi connectivity index (χ1v) is 9.90. The van der Waals surface area contributed by atoms with E-state index in [1.54, 1.807) is 31.2 Å². The van der Waals surface area contributed by atoms with Crippen molar-refractivity contribution < 1.29 is 19.4 Å². The molecule has 29 heavy (non-hydrogen) atoms. The zero-order valence-electron chi connectivity index (χ0n) is 16.9. The number of rotatable bonds is 7. The molecule has 8 heteroatoms. The summed E-state index contributed by atoms with van der Waals surface area (Å²) < 4.78 is 5.89. The number of nitrogens with zero attached hydrogens (tertiary/aromatic N) is 3. The smallest absolute Gasteiger partial charge is 0.309 e. The summed E-state index contributed by atoms with van der Waals surface area (Å²) >= 11 is 0. The summed E-state index contributed by atoms with van der Waals surface area (Å²) in [6.45, 7) is 5.69. The minimum Gasteiger partial charge on any atom is -0.492 e. The number of carboxylic acid groups (broad SMARTS) is 1. The van der Waals surface area contributed by atoms with Crippen molar-refractivity contribution in [3.8, 4) is 5.75 Å². The number of aromatic nitrogens is 1. The number of pyridine rings is 1. The molecular formula is C21H28N4O4. The second-order valence-electron chi connectivity index (χ2n) is 8.19. The fourth-order valence-electron chi connectivity index (χ4n) is 3.33. The van der Waals surface area contributed by atoms with Crippen molar-refractivity contribution in [3.05, 3.63) is 30.1 Å². The molecule has 3 rings (SSSR count). The van der Waals surface area contributed by atoms with Gasteiger partial charge in [-0.1, -0.05) is 0 Å². The number of carboxylic acids is 1. The molecule has 3 heterocycles. The lowest BCUT2D eigenvalue weighted by atomic mass is 9.88. The molecule has 0 radical (unpaired) electrons. The number of ether oxygens (including phenoxy) is 1. The topological polar surface area (TPSA) is 104 Å². The predicted molar refractivity (Wildman–Crippen MR) is 110 cm³/mol. The summed E-state index contributed by atoms with van der Waals surface area (Å²) in [5.41, 5.74) is 3.86. The highest BCUT2D eigenvalue weighted by molar-refractivity contribution is 5.85. The fraction of sp³-hybridized carbons (Fsp3) is 0.524. The molecule has 156 valence electrons. The van der Waals surface area contributed by atoms with E-state index in [4.69, 9.17) is 4.74 Å². The van der Waals surface area contributed by atoms with Gasteiger partial charge in [0.2, 0.25) is 5.91 Å². The van der Waals surface area contributed by atoms with Gasteiger partial charge in [-0.15, -0.1) is 0 Å². The van der Waals surface area contributed by atoms with E-state index in [1.807, 2.05) is 18.2 Å². The van der Waals surface area contributed by atoms with Crippen LogP contribution in [0.25, 0.3) is 5.57 Å². The van der Waals surface area contributed by atoms with Crippen LogP contribution in [0.15, 0.2) is 29.5 Å². The minimum absolute atomic E-state index is 0.0271. The number of aliphatic carboxylic acids is 1. The van der Waals surface area contributed by atoms with Crippen LogP contribution in [-0.4, -0.2) is 59.3 Å². The van der Waals surface area contributed by atoms with Crippen molar-refractivity contribution in [2.24, 2.45) is 16.4 Å². The second kappa shape index (κ2) is 9.07. The molecule has 0 aliphatic carbocycles. The number of hydrogen-bond acceptors (Lipinski definition) is 6. The monoisotopic (exact) mass is 400 g/mol. The van der Waals surface area contributed by atoms with Crippen molar-refractivity contribution in [1.29, 1.82) is 0 Å². The van der Waals surface area contributed by atoms with E-state index >= 15 is 0 Å². The van der Waals surface area contributed by atoms with Gasteiger partial charge in [-0.05, 0) is 50.8 Å². The maximum Gasteiger partial charge on any atom is 0.309 e. The van der Waals surface area contributed by atoms with Crippen LogP contribution in [0.3, 0.4) is 0 Å². The molecule has 0 spiro atoms. The van der Waals surface area contributed by atoms with Crippen LogP contribution in [0.4, 0.5) is 0 Å². The van der Waals surface area contributed by atoms with Crippen LogP contribution in [0.1, 0.15) is 38.8 Å². The van der Waals surface area contributed by atoms with Crippen LogP contribution in [0.5, 0.6) is 5.75 Å². The van der Waals surface area contributed by atoms with E-state index in [9.17, 15) is 14.7 Å². The third kappa shape index (κ3) is 5.56. The quantitative estimate of drug-likeness (QED) is 0.727. The van der Waals surface area contributed by atoms with Gasteiger partial charge in [0.05, 0.1) is 30.5 Å². The van der Waals surface area contributed by atoms with Gasteiger partial charge in [-0.3, -0.25) is 14.6 Å². The van der Waals surface area contributed by atoms with E-state index in [2.05, 4.69) is 15.5 Å². The largest absolute Gasteiger partial charge is 0.492 e. The molecule has 1 saturated heterocycles. The van der Waals surface area contributed by atoms with Gasteiger partial charge in [0.25, 0.3) is 0 Å². The molecule has 0 unspecified atom stereocenters. The molecule has 0 bridgehead atoms. The summed E-state index contributed by atoms with van der Waals surface area (Å²) in [6, 6.07) is 3.86. The first kappa shape index (κ1) is 20.8. The van der Waals surface area contributed by atoms with Crippen molar-refractivity contribution in [2.75, 3.05) is 26.2 Å². The third-order valence-electron chi connectivity index (χ3n) is 5.40. The van der Waals surface area contributed by atoms with Crippen LogP contribution in [0, 0.1) is 11.3 Å². The van der Waals surface area contributed by atoms with Gasteiger partial charge in [0.15, 0.2) is 0 Å². The summed E-state index contributed by atoms with van der Waals surface area (Å²) in [4.78, 5) is 29.8. The zero-order chi connectivity index (χ0) is 20.9. The number of hydrazone groups is 1. The number of carbonyl (C=O) groups is 2. The van der Waals surface area contributed by atoms with Crippen molar-refractivity contribution in [3.63, 3.8) is 0 Å². The van der Waals surface area contributed by atoms with Crippen LogP contribution in [0.2, 0.25) is 0 Å². The van der Waals surface area contributed by atoms with Crippen molar-refractivity contribution in [2.45, 2.75) is 33.1 Å². The lowest BCUT2D eigenvalue weighted by Crippen LogP contribution is -2.42. The van der Waals surface area contributed by atoms with Gasteiger partial charge < -0.3 is 20.2 Å². The number of hydrogen-bond donors (Lipinski definition) is 2. The Morgan fingerprint density at radius 2 is 2.07 bits per heavy atom. The van der Waals surface area contributed by atoms with E-state index in [-0.39, 0.29) is 12.3 Å². The zero-order valence-corrected chi connectivity index (χ0v) is 16.9. The molecule has 1 amide bonds. The molecule has 1 fully saturated rings. The van der Waals surface area contributed by atoms with Crippen LogP contribution in [-0.2, 0) is 9.59 Å². The lowest BCUT2D eigenvalue weighted by molar-refractivity contribution is -0.151. The number of nitrogens with one attached hydrogen (secondary N) is 1. The summed E-state index contributed by atoms with van der Waals surface area (Å²) in [6.07, 6.45) is 7.11. The van der Waals surface area contributed by atoms with Gasteiger partial charge in [-0.25, -0.2) is 0 Å². The molecule has 1 aromatic rings. The average molecular weight is 400 g/mol. The Labute approximate surface area is 170 Å². The standard InChI is InChI=1S/C21H28N4O4/c1-21(2,20(27)28)11-19(26)25-9-6-15(7-10-25)14-29-17-3-4-18(22-13-17)16-5-8-23-24-12-16/h3-5,8,13,15,24H,6-7,9-12,14H2,1-2H3,(H,27,28). The van der Waals surface area contributed by atoms with Crippen LogP contribution < -0.4 is 10.2 Å². The van der Waals surface area contributed by atoms with Crippen molar-refractivity contribution in [1.82, 2.24) is 15.3 Å². The first-order valence-electron chi connectivity index (χ1n) is 9.90. The molecule has 2 N–H and O–H groups in total. The minimum atomic E-state index is -1.03. The van der Waals surface area contributed by atoms with Gasteiger partial charge >= 0.3 is 5.97 Å². The Kier molecular flexibility index (Phi) is 6.51. The highest BCUT2D eigenvalue weighted by Crippen LogP contribution is 2.25. The second-order valence-corrected chi connectivity index (χ2v) is 8.19. The van der Waals surface area contributed by atoms with Gasteiger partial charge in [0, 0.05) is 31.3 Å². The fourth-order valence-corrected chi connectivity index (χ4v) is 3.33. The predicted octanol–water partition coefficient (Wildman–Crippen LogP) is 2.17. The Morgan fingerprint density at radius 3 is 2.66 bits per heavy atom. The molecule has 2 aliphatic heterocycles.